The fraction of sp³-hybridized carbons (Fsp3) is 0.378. The second kappa shape index (κ2) is 23.5. The van der Waals surface area contributed by atoms with E-state index in [2.05, 4.69) is 16.1 Å². The number of amides is 2. The molecule has 4 aromatic carbocycles. The zero-order valence-corrected chi connectivity index (χ0v) is 31.6. The van der Waals surface area contributed by atoms with Gasteiger partial charge in [0.2, 0.25) is 0 Å². The summed E-state index contributed by atoms with van der Waals surface area (Å²) in [4.78, 5) is 50.0. The summed E-state index contributed by atoms with van der Waals surface area (Å²) in [6, 6.07) is 37.2. The smallest absolute Gasteiger partial charge is 0.419 e. The number of unbranched alkanes of at least 4 members (excludes halogenated alkanes) is 6. The Morgan fingerprint density at radius 1 is 0.582 bits per heavy atom. The molecule has 0 saturated carbocycles. The van der Waals surface area contributed by atoms with E-state index in [1.165, 1.54) is 5.01 Å². The Kier molecular flexibility index (Phi) is 18.1. The number of nitrogens with one attached hydrogen (secondary N) is 3. The molecular weight excluding hydrogens is 693 g/mol. The number of carboxylic acid groups (broad SMARTS) is 2. The molecule has 2 amide bonds. The van der Waals surface area contributed by atoms with Crippen molar-refractivity contribution in [2.45, 2.75) is 94.8 Å². The molecule has 55 heavy (non-hydrogen) atoms. The van der Waals surface area contributed by atoms with Gasteiger partial charge in [0.15, 0.2) is 0 Å². The van der Waals surface area contributed by atoms with Crippen LogP contribution in [0.1, 0.15) is 73.6 Å². The molecule has 5 N–H and O–H groups in total. The van der Waals surface area contributed by atoms with E-state index in [4.69, 9.17) is 0 Å². The maximum atomic E-state index is 13.0. The third kappa shape index (κ3) is 14.4. The molecule has 10 heteroatoms. The summed E-state index contributed by atoms with van der Waals surface area (Å²) >= 11 is 0. The lowest BCUT2D eigenvalue weighted by atomic mass is 9.77. The molecular formula is C45H56N4O6. The minimum atomic E-state index is -1.55. The number of hydrazine groups is 1. The molecule has 0 aliphatic rings. The zero-order chi connectivity index (χ0) is 39.1. The summed E-state index contributed by atoms with van der Waals surface area (Å²) in [6.07, 6.45) is 7.78. The molecule has 0 aromatic heterocycles. The van der Waals surface area contributed by atoms with Crippen molar-refractivity contribution in [3.63, 3.8) is 0 Å². The van der Waals surface area contributed by atoms with Crippen LogP contribution in [0.2, 0.25) is 0 Å². The Labute approximate surface area is 325 Å². The first-order chi connectivity index (χ1) is 26.8. The van der Waals surface area contributed by atoms with Crippen molar-refractivity contribution in [1.29, 1.82) is 0 Å². The highest BCUT2D eigenvalue weighted by molar-refractivity contribution is 5.68. The molecule has 0 spiro atoms. The van der Waals surface area contributed by atoms with E-state index in [0.717, 1.165) is 80.0 Å². The molecule has 0 aliphatic carbocycles. The average Bonchev–Trinajstić information content (AvgIpc) is 3.20. The van der Waals surface area contributed by atoms with Crippen LogP contribution in [-0.2, 0) is 35.3 Å². The standard InChI is InChI=1S/C45H56N4O6/c50-34-41(31-37-22-12-7-13-23-37)46-29-19-5-3-1-2-4-18-28-40(30-36-20-10-6-11-21-36)45(47-43(52)53,33-39-26-16-9-17-27-39)49(48-44(54)55)42(35-51)32-38-24-14-8-15-25-38/h6-17,20-27,34-35,40-42,46-48H,1-5,18-19,28-33H2,(H,52,53)(H,54,55)/t40-,41?,42-,45?/m0/s1. The van der Waals surface area contributed by atoms with Gasteiger partial charge in [-0.05, 0) is 60.9 Å². The molecule has 0 aliphatic heterocycles. The summed E-state index contributed by atoms with van der Waals surface area (Å²) in [7, 11) is 0. The maximum Gasteiger partial charge on any atom is 0.419 e. The molecule has 292 valence electrons. The summed E-state index contributed by atoms with van der Waals surface area (Å²) < 4.78 is 0. The summed E-state index contributed by atoms with van der Waals surface area (Å²) in [5.41, 5.74) is 4.69. The molecule has 0 heterocycles. The van der Waals surface area contributed by atoms with Gasteiger partial charge in [0.25, 0.3) is 0 Å². The van der Waals surface area contributed by atoms with Crippen molar-refractivity contribution < 1.29 is 29.4 Å². The van der Waals surface area contributed by atoms with Crippen LogP contribution in [0.3, 0.4) is 0 Å². The third-order valence-electron chi connectivity index (χ3n) is 10.2. The first-order valence-corrected chi connectivity index (χ1v) is 19.4. The number of hydrogen-bond donors (Lipinski definition) is 5. The highest BCUT2D eigenvalue weighted by Gasteiger charge is 2.49. The number of benzene rings is 4. The van der Waals surface area contributed by atoms with Gasteiger partial charge in [-0.15, -0.1) is 0 Å². The molecule has 4 rings (SSSR count). The van der Waals surface area contributed by atoms with Gasteiger partial charge in [-0.3, -0.25) is 5.43 Å². The lowest BCUT2D eigenvalue weighted by Crippen LogP contribution is -2.73. The predicted molar refractivity (Wildman–Crippen MR) is 216 cm³/mol. The molecule has 2 unspecified atom stereocenters. The van der Waals surface area contributed by atoms with Crippen molar-refractivity contribution in [3.05, 3.63) is 144 Å². The average molecular weight is 749 g/mol. The number of rotatable bonds is 26. The monoisotopic (exact) mass is 748 g/mol. The van der Waals surface area contributed by atoms with E-state index in [0.29, 0.717) is 25.5 Å². The van der Waals surface area contributed by atoms with Crippen LogP contribution < -0.4 is 16.1 Å². The van der Waals surface area contributed by atoms with Gasteiger partial charge >= 0.3 is 12.2 Å². The van der Waals surface area contributed by atoms with E-state index < -0.39 is 29.8 Å². The number of aldehydes is 2. The van der Waals surface area contributed by atoms with E-state index in [-0.39, 0.29) is 18.9 Å². The quantitative estimate of drug-likeness (QED) is 0.0189. The maximum absolute atomic E-state index is 13.0. The Bertz CT molecular complexity index is 1700. The highest BCUT2D eigenvalue weighted by atomic mass is 16.4. The Balaban J connectivity index is 1.50. The van der Waals surface area contributed by atoms with Crippen molar-refractivity contribution in [3.8, 4) is 0 Å². The van der Waals surface area contributed by atoms with Crippen LogP contribution >= 0.6 is 0 Å². The highest BCUT2D eigenvalue weighted by Crippen LogP contribution is 2.35. The third-order valence-corrected chi connectivity index (χ3v) is 10.2. The molecule has 4 aromatic rings. The number of carbonyl (C=O) groups excluding carboxylic acids is 2. The van der Waals surface area contributed by atoms with Crippen molar-refractivity contribution >= 4 is 24.8 Å². The molecule has 0 radical (unpaired) electrons. The second-order valence-corrected chi connectivity index (χ2v) is 14.2. The van der Waals surface area contributed by atoms with Crippen LogP contribution in [-0.4, -0.2) is 64.3 Å². The van der Waals surface area contributed by atoms with Gasteiger partial charge in [0.1, 0.15) is 18.2 Å². The van der Waals surface area contributed by atoms with Gasteiger partial charge in [-0.25, -0.2) is 9.59 Å². The van der Waals surface area contributed by atoms with Crippen molar-refractivity contribution in [1.82, 2.24) is 21.1 Å². The molecule has 0 saturated heterocycles. The summed E-state index contributed by atoms with van der Waals surface area (Å²) in [5, 5.41) is 28.2. The topological polar surface area (TPSA) is 148 Å². The van der Waals surface area contributed by atoms with Gasteiger partial charge in [0, 0.05) is 12.3 Å². The van der Waals surface area contributed by atoms with Crippen LogP contribution in [0, 0.1) is 5.92 Å². The normalized spacial score (nSPS) is 13.9. The molecule has 0 fully saturated rings. The van der Waals surface area contributed by atoms with Gasteiger partial charge in [0.05, 0.1) is 12.1 Å². The van der Waals surface area contributed by atoms with Crippen LogP contribution in [0.25, 0.3) is 0 Å². The Hall–Kier alpha value is -5.32. The summed E-state index contributed by atoms with van der Waals surface area (Å²) in [5.74, 6) is -0.441. The Morgan fingerprint density at radius 2 is 1.05 bits per heavy atom. The van der Waals surface area contributed by atoms with Crippen LogP contribution in [0.5, 0.6) is 0 Å². The molecule has 4 atom stereocenters. The SMILES string of the molecule is O=CC(Cc1ccccc1)NCCCCCCCCC[C@@H](Cc1ccccc1)C(Cc1ccccc1)(NC(=O)O)N(NC(=O)O)[C@H](C=O)Cc1ccccc1. The first-order valence-electron chi connectivity index (χ1n) is 19.4. The number of carbonyl (C=O) groups is 4. The number of hydrogen-bond acceptors (Lipinski definition) is 6. The van der Waals surface area contributed by atoms with Crippen molar-refractivity contribution in [2.24, 2.45) is 5.92 Å². The van der Waals surface area contributed by atoms with Crippen molar-refractivity contribution in [2.75, 3.05) is 6.54 Å². The number of nitrogens with zero attached hydrogens (tertiary/aromatic N) is 1. The first kappa shape index (κ1) is 42.4. The predicted octanol–water partition coefficient (Wildman–Crippen LogP) is 7.87. The van der Waals surface area contributed by atoms with Gasteiger partial charge in [-0.1, -0.05) is 160 Å². The van der Waals surface area contributed by atoms with E-state index in [9.17, 15) is 29.4 Å². The Morgan fingerprint density at radius 3 is 1.55 bits per heavy atom. The second-order valence-electron chi connectivity index (χ2n) is 14.2. The molecule has 0 bridgehead atoms. The lowest BCUT2D eigenvalue weighted by molar-refractivity contribution is -0.122. The van der Waals surface area contributed by atoms with E-state index in [1.54, 1.807) is 0 Å². The minimum Gasteiger partial charge on any atom is -0.465 e. The molecule has 10 nitrogen and oxygen atoms in total. The van der Waals surface area contributed by atoms with E-state index in [1.807, 2.05) is 121 Å². The zero-order valence-electron chi connectivity index (χ0n) is 31.6. The summed E-state index contributed by atoms with van der Waals surface area (Å²) in [6.45, 7) is 0.782. The fourth-order valence-corrected chi connectivity index (χ4v) is 7.49. The van der Waals surface area contributed by atoms with E-state index >= 15 is 0 Å². The van der Waals surface area contributed by atoms with Crippen LogP contribution in [0.4, 0.5) is 9.59 Å². The largest absolute Gasteiger partial charge is 0.465 e. The fourth-order valence-electron chi connectivity index (χ4n) is 7.49. The lowest BCUT2D eigenvalue weighted by Gasteiger charge is -2.50. The van der Waals surface area contributed by atoms with Crippen LogP contribution in [0.15, 0.2) is 121 Å². The van der Waals surface area contributed by atoms with Gasteiger partial charge < -0.3 is 30.4 Å². The minimum absolute atomic E-state index is 0.112. The van der Waals surface area contributed by atoms with Gasteiger partial charge in [-0.2, -0.15) is 5.01 Å².